The topological polar surface area (TPSA) is 61.4 Å². The molecule has 6 nitrogen and oxygen atoms in total. The Morgan fingerprint density at radius 2 is 1.89 bits per heavy atom. The molecule has 0 spiro atoms. The Hall–Kier alpha value is -2.47. The van der Waals surface area contributed by atoms with Gasteiger partial charge in [-0.3, -0.25) is 9.78 Å². The zero-order valence-electron chi connectivity index (χ0n) is 16.8. The van der Waals surface area contributed by atoms with Gasteiger partial charge in [-0.1, -0.05) is 12.1 Å². The lowest BCUT2D eigenvalue weighted by molar-refractivity contribution is 0.0746. The summed E-state index contributed by atoms with van der Waals surface area (Å²) < 4.78 is 0. The second-order valence-electron chi connectivity index (χ2n) is 7.96. The molecule has 148 valence electrons. The van der Waals surface area contributed by atoms with E-state index >= 15 is 0 Å². The van der Waals surface area contributed by atoms with Crippen LogP contribution in [0.4, 0.5) is 5.82 Å². The first-order valence-electron chi connectivity index (χ1n) is 10.2. The van der Waals surface area contributed by atoms with E-state index in [0.29, 0.717) is 13.1 Å². The lowest BCUT2D eigenvalue weighted by atomic mass is 9.98. The highest BCUT2D eigenvalue weighted by molar-refractivity contribution is 5.94. The minimum absolute atomic E-state index is 0.126. The number of anilines is 1. The molecule has 2 aliphatic rings. The second kappa shape index (κ2) is 8.27. The number of carbonyl (C=O) groups excluding carboxylic acids is 1. The standard InChI is InChI=1S/C22H29N5O/c1-16-14-24-17(2)21(25-16)26-9-11-27(12-10-26)22(28)20-5-3-18(4-6-20)13-19-7-8-23-15-19/h3-6,14,19,23H,7-13,15H2,1-2H3. The van der Waals surface area contributed by atoms with Gasteiger partial charge in [-0.15, -0.1) is 0 Å². The summed E-state index contributed by atoms with van der Waals surface area (Å²) in [7, 11) is 0. The largest absolute Gasteiger partial charge is 0.352 e. The summed E-state index contributed by atoms with van der Waals surface area (Å²) in [5.74, 6) is 1.79. The fourth-order valence-corrected chi connectivity index (χ4v) is 4.13. The molecule has 3 heterocycles. The molecule has 0 saturated carbocycles. The molecule has 1 aromatic carbocycles. The van der Waals surface area contributed by atoms with E-state index in [1.165, 1.54) is 12.0 Å². The normalized spacial score (nSPS) is 19.9. The molecule has 1 N–H and O–H groups in total. The van der Waals surface area contributed by atoms with Crippen molar-refractivity contribution in [1.82, 2.24) is 20.2 Å². The Labute approximate surface area is 167 Å². The van der Waals surface area contributed by atoms with Crippen LogP contribution in [0.5, 0.6) is 0 Å². The van der Waals surface area contributed by atoms with E-state index in [1.807, 2.05) is 30.9 Å². The molecule has 0 radical (unpaired) electrons. The fraction of sp³-hybridized carbons (Fsp3) is 0.500. The maximum absolute atomic E-state index is 12.9. The van der Waals surface area contributed by atoms with Crippen molar-refractivity contribution in [3.05, 3.63) is 53.0 Å². The molecule has 1 atom stereocenters. The molecule has 28 heavy (non-hydrogen) atoms. The van der Waals surface area contributed by atoms with Gasteiger partial charge in [0.25, 0.3) is 5.91 Å². The van der Waals surface area contributed by atoms with E-state index in [1.54, 1.807) is 6.20 Å². The molecule has 2 saturated heterocycles. The predicted molar refractivity (Wildman–Crippen MR) is 111 cm³/mol. The molecule has 2 aromatic rings. The van der Waals surface area contributed by atoms with Crippen molar-refractivity contribution in [2.45, 2.75) is 26.7 Å². The first kappa shape index (κ1) is 18.9. The molecule has 2 aliphatic heterocycles. The van der Waals surface area contributed by atoms with Gasteiger partial charge in [0.15, 0.2) is 0 Å². The van der Waals surface area contributed by atoms with Crippen molar-refractivity contribution in [1.29, 1.82) is 0 Å². The highest BCUT2D eigenvalue weighted by atomic mass is 16.2. The summed E-state index contributed by atoms with van der Waals surface area (Å²) in [6.45, 7) is 9.18. The number of hydrogen-bond donors (Lipinski definition) is 1. The van der Waals surface area contributed by atoms with Gasteiger partial charge in [-0.25, -0.2) is 4.98 Å². The van der Waals surface area contributed by atoms with E-state index in [-0.39, 0.29) is 5.91 Å². The fourth-order valence-electron chi connectivity index (χ4n) is 4.13. The number of aryl methyl sites for hydroxylation is 2. The first-order valence-corrected chi connectivity index (χ1v) is 10.2. The third kappa shape index (κ3) is 4.17. The number of benzene rings is 1. The van der Waals surface area contributed by atoms with E-state index in [9.17, 15) is 4.79 Å². The van der Waals surface area contributed by atoms with Gasteiger partial charge in [-0.2, -0.15) is 0 Å². The Kier molecular flexibility index (Phi) is 5.57. The van der Waals surface area contributed by atoms with Gasteiger partial charge in [-0.05, 0) is 63.4 Å². The lowest BCUT2D eigenvalue weighted by Gasteiger charge is -2.36. The third-order valence-electron chi connectivity index (χ3n) is 5.80. The Bertz CT molecular complexity index is 821. The van der Waals surface area contributed by atoms with Crippen molar-refractivity contribution in [2.24, 2.45) is 5.92 Å². The van der Waals surface area contributed by atoms with Crippen LogP contribution in [-0.4, -0.2) is 60.0 Å². The lowest BCUT2D eigenvalue weighted by Crippen LogP contribution is -2.49. The van der Waals surface area contributed by atoms with Gasteiger partial charge >= 0.3 is 0 Å². The van der Waals surface area contributed by atoms with Crippen LogP contribution in [0.2, 0.25) is 0 Å². The number of nitrogens with zero attached hydrogens (tertiary/aromatic N) is 4. The number of amides is 1. The van der Waals surface area contributed by atoms with Crippen LogP contribution in [0.1, 0.15) is 33.7 Å². The zero-order chi connectivity index (χ0) is 19.5. The van der Waals surface area contributed by atoms with E-state index in [4.69, 9.17) is 0 Å². The number of carbonyl (C=O) groups is 1. The molecule has 1 amide bonds. The minimum atomic E-state index is 0.126. The molecule has 0 aliphatic carbocycles. The van der Waals surface area contributed by atoms with Crippen LogP contribution < -0.4 is 10.2 Å². The number of piperazine rings is 1. The molecule has 1 unspecified atom stereocenters. The van der Waals surface area contributed by atoms with Crippen LogP contribution in [-0.2, 0) is 6.42 Å². The monoisotopic (exact) mass is 379 g/mol. The van der Waals surface area contributed by atoms with E-state index < -0.39 is 0 Å². The smallest absolute Gasteiger partial charge is 0.253 e. The number of hydrogen-bond acceptors (Lipinski definition) is 5. The van der Waals surface area contributed by atoms with Crippen molar-refractivity contribution in [2.75, 3.05) is 44.2 Å². The summed E-state index contributed by atoms with van der Waals surface area (Å²) in [5.41, 5.74) is 3.97. The molecule has 0 bridgehead atoms. The quantitative estimate of drug-likeness (QED) is 0.883. The van der Waals surface area contributed by atoms with Crippen molar-refractivity contribution < 1.29 is 4.79 Å². The zero-order valence-corrected chi connectivity index (χ0v) is 16.8. The highest BCUT2D eigenvalue weighted by Crippen LogP contribution is 2.19. The van der Waals surface area contributed by atoms with Crippen molar-refractivity contribution >= 4 is 11.7 Å². The molecular formula is C22H29N5O. The van der Waals surface area contributed by atoms with Crippen molar-refractivity contribution in [3.63, 3.8) is 0 Å². The highest BCUT2D eigenvalue weighted by Gasteiger charge is 2.24. The van der Waals surface area contributed by atoms with Gasteiger partial charge in [0, 0.05) is 37.9 Å². The van der Waals surface area contributed by atoms with Crippen molar-refractivity contribution in [3.8, 4) is 0 Å². The summed E-state index contributed by atoms with van der Waals surface area (Å²) in [6.07, 6.45) is 4.14. The van der Waals surface area contributed by atoms with Gasteiger partial charge < -0.3 is 15.1 Å². The minimum Gasteiger partial charge on any atom is -0.352 e. The summed E-state index contributed by atoms with van der Waals surface area (Å²) in [5, 5.41) is 3.41. The summed E-state index contributed by atoms with van der Waals surface area (Å²) in [4.78, 5) is 26.1. The maximum Gasteiger partial charge on any atom is 0.253 e. The number of aromatic nitrogens is 2. The van der Waals surface area contributed by atoms with Crippen LogP contribution in [0.3, 0.4) is 0 Å². The second-order valence-corrected chi connectivity index (χ2v) is 7.96. The summed E-state index contributed by atoms with van der Waals surface area (Å²) >= 11 is 0. The SMILES string of the molecule is Cc1cnc(C)c(N2CCN(C(=O)c3ccc(CC4CCNC4)cc3)CC2)n1. The molecule has 1 aromatic heterocycles. The third-order valence-corrected chi connectivity index (χ3v) is 5.80. The van der Waals surface area contributed by atoms with Gasteiger partial charge in [0.1, 0.15) is 5.82 Å². The molecular weight excluding hydrogens is 350 g/mol. The van der Waals surface area contributed by atoms with Crippen LogP contribution >= 0.6 is 0 Å². The van der Waals surface area contributed by atoms with Gasteiger partial charge in [0.2, 0.25) is 0 Å². The number of rotatable bonds is 4. The maximum atomic E-state index is 12.9. The molecule has 6 heteroatoms. The average molecular weight is 380 g/mol. The number of nitrogens with one attached hydrogen (secondary N) is 1. The Morgan fingerprint density at radius 1 is 1.14 bits per heavy atom. The van der Waals surface area contributed by atoms with Crippen LogP contribution in [0.15, 0.2) is 30.5 Å². The molecule has 2 fully saturated rings. The van der Waals surface area contributed by atoms with Crippen LogP contribution in [0, 0.1) is 19.8 Å². The van der Waals surface area contributed by atoms with Gasteiger partial charge in [0.05, 0.1) is 11.4 Å². The Morgan fingerprint density at radius 3 is 2.57 bits per heavy atom. The predicted octanol–water partition coefficient (Wildman–Crippen LogP) is 2.21. The first-order chi connectivity index (χ1) is 13.6. The van der Waals surface area contributed by atoms with E-state index in [0.717, 1.165) is 61.3 Å². The average Bonchev–Trinajstić information content (AvgIpc) is 3.23. The molecule has 4 rings (SSSR count). The summed E-state index contributed by atoms with van der Waals surface area (Å²) in [6, 6.07) is 8.21. The van der Waals surface area contributed by atoms with E-state index in [2.05, 4.69) is 32.3 Å². The van der Waals surface area contributed by atoms with Crippen LogP contribution in [0.25, 0.3) is 0 Å². The Balaban J connectivity index is 1.35.